The molecule has 1 saturated carbocycles. The van der Waals surface area contributed by atoms with E-state index in [1.165, 1.54) is 0 Å². The lowest BCUT2D eigenvalue weighted by Gasteiger charge is -2.56. The fourth-order valence-corrected chi connectivity index (χ4v) is 3.67. The maximum absolute atomic E-state index is 12.9. The molecule has 0 spiro atoms. The summed E-state index contributed by atoms with van der Waals surface area (Å²) >= 11 is 0. The molecular formula is C17H33ClN2O2. The van der Waals surface area contributed by atoms with Crippen LogP contribution in [0, 0.1) is 17.3 Å². The van der Waals surface area contributed by atoms with E-state index in [-0.39, 0.29) is 23.7 Å². The third-order valence-electron chi connectivity index (χ3n) is 5.53. The Labute approximate surface area is 141 Å². The normalized spacial score (nSPS) is 28.0. The zero-order valence-corrected chi connectivity index (χ0v) is 15.5. The summed E-state index contributed by atoms with van der Waals surface area (Å²) in [6, 6.07) is 0.331. The van der Waals surface area contributed by atoms with Crippen molar-refractivity contribution in [1.29, 1.82) is 0 Å². The van der Waals surface area contributed by atoms with Gasteiger partial charge in [0.15, 0.2) is 0 Å². The van der Waals surface area contributed by atoms with Crippen LogP contribution in [0.2, 0.25) is 0 Å². The van der Waals surface area contributed by atoms with Crippen molar-refractivity contribution >= 4 is 18.3 Å². The Bertz CT molecular complexity index is 372. The molecule has 2 aliphatic rings. The maximum Gasteiger partial charge on any atom is 0.226 e. The van der Waals surface area contributed by atoms with Crippen LogP contribution in [-0.4, -0.2) is 49.2 Å². The molecule has 1 N–H and O–H groups in total. The van der Waals surface area contributed by atoms with Crippen LogP contribution >= 0.6 is 12.4 Å². The van der Waals surface area contributed by atoms with Gasteiger partial charge in [-0.15, -0.1) is 12.4 Å². The molecule has 2 rings (SSSR count). The lowest BCUT2D eigenvalue weighted by molar-refractivity contribution is -0.171. The fraction of sp³-hybridized carbons (Fsp3) is 0.941. The third kappa shape index (κ3) is 3.60. The van der Waals surface area contributed by atoms with Gasteiger partial charge in [0.1, 0.15) is 0 Å². The van der Waals surface area contributed by atoms with E-state index in [1.807, 2.05) is 6.92 Å². The number of ether oxygens (including phenoxy) is 1. The highest BCUT2D eigenvalue weighted by Crippen LogP contribution is 2.46. The first kappa shape index (κ1) is 19.7. The van der Waals surface area contributed by atoms with E-state index in [2.05, 4.69) is 37.9 Å². The van der Waals surface area contributed by atoms with Gasteiger partial charge in [0.25, 0.3) is 0 Å². The molecule has 3 atom stereocenters. The van der Waals surface area contributed by atoms with Gasteiger partial charge in [-0.25, -0.2) is 0 Å². The van der Waals surface area contributed by atoms with E-state index in [9.17, 15) is 4.79 Å². The van der Waals surface area contributed by atoms with E-state index in [0.717, 1.165) is 39.1 Å². The topological polar surface area (TPSA) is 41.6 Å². The van der Waals surface area contributed by atoms with Gasteiger partial charge in [0, 0.05) is 30.5 Å². The molecular weight excluding hydrogens is 300 g/mol. The van der Waals surface area contributed by atoms with Crippen LogP contribution in [-0.2, 0) is 9.53 Å². The molecule has 1 aliphatic carbocycles. The van der Waals surface area contributed by atoms with Gasteiger partial charge in [0.05, 0.1) is 6.10 Å². The first-order valence-corrected chi connectivity index (χ1v) is 8.56. The monoisotopic (exact) mass is 332 g/mol. The Kier molecular flexibility index (Phi) is 7.16. The van der Waals surface area contributed by atoms with Crippen LogP contribution in [0.4, 0.5) is 0 Å². The lowest BCUT2D eigenvalue weighted by Crippen LogP contribution is -2.64. The largest absolute Gasteiger partial charge is 0.378 e. The molecule has 0 radical (unpaired) electrons. The Balaban J connectivity index is 0.00000242. The summed E-state index contributed by atoms with van der Waals surface area (Å²) in [6.45, 7) is 14.4. The predicted octanol–water partition coefficient (Wildman–Crippen LogP) is 2.71. The van der Waals surface area contributed by atoms with Gasteiger partial charge >= 0.3 is 0 Å². The molecule has 130 valence electrons. The van der Waals surface area contributed by atoms with Crippen LogP contribution in [0.3, 0.4) is 0 Å². The van der Waals surface area contributed by atoms with Gasteiger partial charge in [0.2, 0.25) is 5.91 Å². The quantitative estimate of drug-likeness (QED) is 0.779. The molecule has 3 unspecified atom stereocenters. The third-order valence-corrected chi connectivity index (χ3v) is 5.53. The maximum atomic E-state index is 12.9. The molecule has 1 heterocycles. The summed E-state index contributed by atoms with van der Waals surface area (Å²) in [6.07, 6.45) is 2.30. The fourth-order valence-electron chi connectivity index (χ4n) is 3.67. The smallest absolute Gasteiger partial charge is 0.226 e. The van der Waals surface area contributed by atoms with E-state index in [0.29, 0.717) is 24.0 Å². The minimum Gasteiger partial charge on any atom is -0.378 e. The van der Waals surface area contributed by atoms with Crippen LogP contribution in [0.5, 0.6) is 0 Å². The highest BCUT2D eigenvalue weighted by Gasteiger charge is 2.53. The SMILES string of the molecule is CCCN(C(=O)C(C)C1CNC1)C1CC(OCC)C1(C)C.Cl. The van der Waals surface area contributed by atoms with Crippen molar-refractivity contribution in [2.24, 2.45) is 17.3 Å². The Hall–Kier alpha value is -0.320. The van der Waals surface area contributed by atoms with E-state index >= 15 is 0 Å². The Morgan fingerprint density at radius 3 is 2.41 bits per heavy atom. The molecule has 0 aromatic rings. The average molecular weight is 333 g/mol. The van der Waals surface area contributed by atoms with Crippen molar-refractivity contribution in [2.75, 3.05) is 26.2 Å². The van der Waals surface area contributed by atoms with Crippen molar-refractivity contribution in [2.45, 2.75) is 59.6 Å². The summed E-state index contributed by atoms with van der Waals surface area (Å²) in [5, 5.41) is 3.27. The van der Waals surface area contributed by atoms with Crippen molar-refractivity contribution < 1.29 is 9.53 Å². The number of nitrogens with one attached hydrogen (secondary N) is 1. The van der Waals surface area contributed by atoms with E-state index in [4.69, 9.17) is 4.74 Å². The number of hydrogen-bond acceptors (Lipinski definition) is 3. The zero-order chi connectivity index (χ0) is 15.6. The van der Waals surface area contributed by atoms with E-state index < -0.39 is 0 Å². The number of carbonyl (C=O) groups is 1. The molecule has 1 aliphatic heterocycles. The standard InChI is InChI=1S/C17H32N2O2.ClH/c1-6-8-19(16(20)12(3)13-10-18-11-13)14-9-15(21-7-2)17(14,4)5;/h12-15,18H,6-11H2,1-5H3;1H. The molecule has 2 fully saturated rings. The molecule has 4 nitrogen and oxygen atoms in total. The van der Waals surface area contributed by atoms with E-state index in [1.54, 1.807) is 0 Å². The molecule has 1 saturated heterocycles. The number of halogens is 1. The number of rotatable bonds is 7. The van der Waals surface area contributed by atoms with Gasteiger partial charge < -0.3 is 15.0 Å². The average Bonchev–Trinajstić information content (AvgIpc) is 2.38. The van der Waals surface area contributed by atoms with Gasteiger partial charge in [-0.3, -0.25) is 4.79 Å². The van der Waals surface area contributed by atoms with Crippen LogP contribution in [0.1, 0.15) is 47.5 Å². The summed E-state index contributed by atoms with van der Waals surface area (Å²) in [5.74, 6) is 0.999. The highest BCUT2D eigenvalue weighted by atomic mass is 35.5. The lowest BCUT2D eigenvalue weighted by atomic mass is 9.63. The van der Waals surface area contributed by atoms with Gasteiger partial charge in [-0.2, -0.15) is 0 Å². The first-order valence-electron chi connectivity index (χ1n) is 8.56. The van der Waals surface area contributed by atoms with Crippen LogP contribution in [0.15, 0.2) is 0 Å². The number of hydrogen-bond donors (Lipinski definition) is 1. The molecule has 0 aromatic carbocycles. The van der Waals surface area contributed by atoms with Gasteiger partial charge in [-0.05, 0) is 38.8 Å². The molecule has 22 heavy (non-hydrogen) atoms. The summed E-state index contributed by atoms with van der Waals surface area (Å²) < 4.78 is 5.82. The molecule has 0 bridgehead atoms. The van der Waals surface area contributed by atoms with Crippen molar-refractivity contribution in [3.8, 4) is 0 Å². The van der Waals surface area contributed by atoms with Crippen molar-refractivity contribution in [3.05, 3.63) is 0 Å². The summed E-state index contributed by atoms with van der Waals surface area (Å²) in [7, 11) is 0. The minimum atomic E-state index is 0. The summed E-state index contributed by atoms with van der Waals surface area (Å²) in [4.78, 5) is 15.1. The molecule has 0 aromatic heterocycles. The zero-order valence-electron chi connectivity index (χ0n) is 14.7. The molecule has 5 heteroatoms. The second-order valence-electron chi connectivity index (χ2n) is 7.26. The molecule has 1 amide bonds. The Morgan fingerprint density at radius 1 is 1.36 bits per heavy atom. The van der Waals surface area contributed by atoms with Crippen molar-refractivity contribution in [1.82, 2.24) is 10.2 Å². The minimum absolute atomic E-state index is 0. The number of carbonyl (C=O) groups excluding carboxylic acids is 1. The van der Waals surface area contributed by atoms with Crippen molar-refractivity contribution in [3.63, 3.8) is 0 Å². The number of nitrogens with zero attached hydrogens (tertiary/aromatic N) is 1. The first-order chi connectivity index (χ1) is 9.93. The number of amides is 1. The highest BCUT2D eigenvalue weighted by molar-refractivity contribution is 5.85. The predicted molar refractivity (Wildman–Crippen MR) is 92.4 cm³/mol. The van der Waals surface area contributed by atoms with Gasteiger partial charge in [-0.1, -0.05) is 27.7 Å². The second-order valence-corrected chi connectivity index (χ2v) is 7.26. The van der Waals surface area contributed by atoms with Crippen LogP contribution in [0.25, 0.3) is 0 Å². The second kappa shape index (κ2) is 7.98. The Morgan fingerprint density at radius 2 is 2.00 bits per heavy atom. The van der Waals surface area contributed by atoms with Crippen LogP contribution < -0.4 is 5.32 Å². The summed E-state index contributed by atoms with van der Waals surface area (Å²) in [5.41, 5.74) is 0.0679.